The summed E-state index contributed by atoms with van der Waals surface area (Å²) in [5.41, 5.74) is 1.50. The number of thiophene rings is 1. The second-order valence-corrected chi connectivity index (χ2v) is 8.17. The van der Waals surface area contributed by atoms with E-state index in [4.69, 9.17) is 4.74 Å². The maximum absolute atomic E-state index is 12.9. The topological polar surface area (TPSA) is 86.1 Å². The monoisotopic (exact) mass is 398 g/mol. The highest BCUT2D eigenvalue weighted by atomic mass is 32.1. The van der Waals surface area contributed by atoms with Crippen LogP contribution in [-0.4, -0.2) is 27.5 Å². The van der Waals surface area contributed by atoms with Crippen LogP contribution in [0.3, 0.4) is 0 Å². The fourth-order valence-electron chi connectivity index (χ4n) is 3.53. The molecule has 8 heteroatoms. The lowest BCUT2D eigenvalue weighted by molar-refractivity contribution is -0.117. The van der Waals surface area contributed by atoms with Gasteiger partial charge in [0.2, 0.25) is 5.91 Å². The first-order valence-electron chi connectivity index (χ1n) is 9.46. The molecule has 1 unspecified atom stereocenters. The van der Waals surface area contributed by atoms with Crippen molar-refractivity contribution in [3.63, 3.8) is 0 Å². The molecular weight excluding hydrogens is 376 g/mol. The number of hydrogen-bond donors (Lipinski definition) is 1. The number of nitrogens with one attached hydrogen (secondary N) is 1. The number of ether oxygens (including phenoxy) is 1. The molecule has 7 nitrogen and oxygen atoms in total. The van der Waals surface area contributed by atoms with Gasteiger partial charge in [-0.1, -0.05) is 12.1 Å². The van der Waals surface area contributed by atoms with Gasteiger partial charge >= 0.3 is 0 Å². The fourth-order valence-corrected chi connectivity index (χ4v) is 4.85. The number of aromatic nitrogens is 3. The van der Waals surface area contributed by atoms with Crippen LogP contribution in [0.15, 0.2) is 29.1 Å². The van der Waals surface area contributed by atoms with Crippen molar-refractivity contribution in [3.8, 4) is 5.75 Å². The Kier molecular flexibility index (Phi) is 5.13. The smallest absolute Gasteiger partial charge is 0.279 e. The molecule has 1 amide bonds. The van der Waals surface area contributed by atoms with Crippen LogP contribution in [0.25, 0.3) is 10.2 Å². The predicted molar refractivity (Wildman–Crippen MR) is 109 cm³/mol. The van der Waals surface area contributed by atoms with Gasteiger partial charge in [0.25, 0.3) is 5.56 Å². The lowest BCUT2D eigenvalue weighted by Gasteiger charge is -2.17. The van der Waals surface area contributed by atoms with Crippen molar-refractivity contribution < 1.29 is 9.53 Å². The Labute approximate surface area is 166 Å². The second kappa shape index (κ2) is 7.71. The molecular formula is C20H22N4O3S. The van der Waals surface area contributed by atoms with Crippen LogP contribution in [-0.2, 0) is 24.2 Å². The molecule has 2 aromatic heterocycles. The van der Waals surface area contributed by atoms with Crippen LogP contribution in [0.2, 0.25) is 0 Å². The Hall–Kier alpha value is -2.74. The molecule has 1 N–H and O–H groups in total. The standard InChI is InChI=1S/C20H22N4O3S/c1-3-27-14-7-5-13(6-8-14)21-17(25)11-24-20(26)18-15-9-4-12(2)10-16(15)28-19(18)22-23-24/h5-8,12H,3-4,9-11H2,1-2H3,(H,21,25). The Bertz CT molecular complexity index is 1070. The summed E-state index contributed by atoms with van der Waals surface area (Å²) in [6.45, 7) is 4.55. The van der Waals surface area contributed by atoms with E-state index in [1.54, 1.807) is 35.6 Å². The third-order valence-corrected chi connectivity index (χ3v) is 6.07. The van der Waals surface area contributed by atoms with Crippen LogP contribution in [0.1, 0.15) is 30.7 Å². The van der Waals surface area contributed by atoms with Crippen molar-refractivity contribution in [3.05, 3.63) is 45.1 Å². The van der Waals surface area contributed by atoms with Crippen molar-refractivity contribution in [2.45, 2.75) is 39.7 Å². The molecule has 2 heterocycles. The van der Waals surface area contributed by atoms with Crippen molar-refractivity contribution in [2.24, 2.45) is 5.92 Å². The number of amides is 1. The number of aryl methyl sites for hydroxylation is 1. The summed E-state index contributed by atoms with van der Waals surface area (Å²) >= 11 is 1.55. The van der Waals surface area contributed by atoms with E-state index in [9.17, 15) is 9.59 Å². The second-order valence-electron chi connectivity index (χ2n) is 7.09. The van der Waals surface area contributed by atoms with Crippen LogP contribution in [0, 0.1) is 5.92 Å². The van der Waals surface area contributed by atoms with Gasteiger partial charge < -0.3 is 10.1 Å². The summed E-state index contributed by atoms with van der Waals surface area (Å²) in [5, 5.41) is 11.6. The normalized spacial score (nSPS) is 16.0. The fraction of sp³-hybridized carbons (Fsp3) is 0.400. The number of benzene rings is 1. The molecule has 0 fully saturated rings. The van der Waals surface area contributed by atoms with Gasteiger partial charge in [-0.05, 0) is 61.9 Å². The van der Waals surface area contributed by atoms with E-state index in [0.29, 0.717) is 28.4 Å². The Morgan fingerprint density at radius 3 is 2.89 bits per heavy atom. The Balaban J connectivity index is 1.53. The van der Waals surface area contributed by atoms with Crippen molar-refractivity contribution in [1.82, 2.24) is 15.0 Å². The highest BCUT2D eigenvalue weighted by Crippen LogP contribution is 2.35. The molecule has 0 aliphatic heterocycles. The molecule has 1 aromatic carbocycles. The first-order chi connectivity index (χ1) is 13.5. The van der Waals surface area contributed by atoms with Gasteiger partial charge in [0.15, 0.2) is 4.83 Å². The SMILES string of the molecule is CCOc1ccc(NC(=O)Cn2nnc3sc4c(c3c2=O)CCC(C)C4)cc1. The van der Waals surface area contributed by atoms with Crippen LogP contribution < -0.4 is 15.6 Å². The van der Waals surface area contributed by atoms with E-state index >= 15 is 0 Å². The molecule has 0 bridgehead atoms. The minimum Gasteiger partial charge on any atom is -0.494 e. The lowest BCUT2D eigenvalue weighted by atomic mass is 9.89. The van der Waals surface area contributed by atoms with Gasteiger partial charge in [-0.15, -0.1) is 16.4 Å². The van der Waals surface area contributed by atoms with Crippen LogP contribution in [0.4, 0.5) is 5.69 Å². The van der Waals surface area contributed by atoms with E-state index in [-0.39, 0.29) is 18.0 Å². The van der Waals surface area contributed by atoms with Gasteiger partial charge in [0.05, 0.1) is 12.0 Å². The number of carbonyl (C=O) groups excluding carboxylic acids is 1. The largest absolute Gasteiger partial charge is 0.494 e. The van der Waals surface area contributed by atoms with Crippen LogP contribution in [0.5, 0.6) is 5.75 Å². The predicted octanol–water partition coefficient (Wildman–Crippen LogP) is 3.02. The first-order valence-corrected chi connectivity index (χ1v) is 10.3. The summed E-state index contributed by atoms with van der Waals surface area (Å²) in [6, 6.07) is 7.10. The molecule has 146 valence electrons. The summed E-state index contributed by atoms with van der Waals surface area (Å²) < 4.78 is 6.54. The number of anilines is 1. The quantitative estimate of drug-likeness (QED) is 0.714. The zero-order valence-corrected chi connectivity index (χ0v) is 16.7. The molecule has 0 saturated heterocycles. The number of nitrogens with zero attached hydrogens (tertiary/aromatic N) is 3. The molecule has 1 atom stereocenters. The zero-order valence-electron chi connectivity index (χ0n) is 15.9. The van der Waals surface area contributed by atoms with E-state index < -0.39 is 0 Å². The van der Waals surface area contributed by atoms with Crippen molar-refractivity contribution in [2.75, 3.05) is 11.9 Å². The summed E-state index contributed by atoms with van der Waals surface area (Å²) in [7, 11) is 0. The third kappa shape index (κ3) is 3.64. The van der Waals surface area contributed by atoms with Crippen molar-refractivity contribution in [1.29, 1.82) is 0 Å². The van der Waals surface area contributed by atoms with Gasteiger partial charge in [-0.2, -0.15) is 0 Å². The molecule has 0 saturated carbocycles. The minimum atomic E-state index is -0.322. The Morgan fingerprint density at radius 1 is 1.36 bits per heavy atom. The molecule has 3 aromatic rings. The molecule has 4 rings (SSSR count). The molecule has 1 aliphatic rings. The maximum atomic E-state index is 12.9. The number of hydrogen-bond acceptors (Lipinski definition) is 6. The molecule has 0 radical (unpaired) electrons. The molecule has 0 spiro atoms. The lowest BCUT2D eigenvalue weighted by Crippen LogP contribution is -2.30. The highest BCUT2D eigenvalue weighted by molar-refractivity contribution is 7.18. The van der Waals surface area contributed by atoms with Crippen molar-refractivity contribution >= 4 is 33.1 Å². The minimum absolute atomic E-state index is 0.171. The van der Waals surface area contributed by atoms with Gasteiger partial charge in [-0.3, -0.25) is 9.59 Å². The number of fused-ring (bicyclic) bond motifs is 3. The third-order valence-electron chi connectivity index (χ3n) is 4.93. The van der Waals surface area contributed by atoms with E-state index in [2.05, 4.69) is 22.6 Å². The van der Waals surface area contributed by atoms with Gasteiger partial charge in [-0.25, -0.2) is 4.68 Å². The average Bonchev–Trinajstić information content (AvgIpc) is 3.04. The van der Waals surface area contributed by atoms with Gasteiger partial charge in [0.1, 0.15) is 12.3 Å². The number of carbonyl (C=O) groups is 1. The van der Waals surface area contributed by atoms with Crippen LogP contribution >= 0.6 is 11.3 Å². The molecule has 28 heavy (non-hydrogen) atoms. The van der Waals surface area contributed by atoms with E-state index in [1.807, 2.05) is 6.92 Å². The molecule has 1 aliphatic carbocycles. The summed E-state index contributed by atoms with van der Waals surface area (Å²) in [5.74, 6) is 1.04. The summed E-state index contributed by atoms with van der Waals surface area (Å²) in [6.07, 6.45) is 2.93. The highest BCUT2D eigenvalue weighted by Gasteiger charge is 2.24. The summed E-state index contributed by atoms with van der Waals surface area (Å²) in [4.78, 5) is 27.2. The van der Waals surface area contributed by atoms with Gasteiger partial charge in [0, 0.05) is 10.6 Å². The number of rotatable bonds is 5. The van der Waals surface area contributed by atoms with E-state index in [0.717, 1.165) is 35.3 Å². The first kappa shape index (κ1) is 18.6. The Morgan fingerprint density at radius 2 is 2.14 bits per heavy atom. The zero-order chi connectivity index (χ0) is 19.7. The van der Waals surface area contributed by atoms with E-state index in [1.165, 1.54) is 4.88 Å². The average molecular weight is 398 g/mol. The maximum Gasteiger partial charge on any atom is 0.279 e.